The fourth-order valence-electron chi connectivity index (χ4n) is 3.84. The van der Waals surface area contributed by atoms with Crippen LogP contribution < -0.4 is 0 Å². The van der Waals surface area contributed by atoms with Crippen molar-refractivity contribution in [3.05, 3.63) is 76.8 Å². The van der Waals surface area contributed by atoms with Crippen molar-refractivity contribution in [3.63, 3.8) is 0 Å². The molecule has 1 aliphatic rings. The molecule has 3 atom stereocenters. The second-order valence-corrected chi connectivity index (χ2v) is 7.30. The van der Waals surface area contributed by atoms with Crippen LogP contribution in [-0.4, -0.2) is 10.9 Å². The SMILES string of the molecule is C=C(C)[C@@]1(C)C[C@@H](C(=O)c2ccccc2O)[C@@H]1c1ccccc1Cl. The van der Waals surface area contributed by atoms with Crippen LogP contribution in [-0.2, 0) is 0 Å². The fraction of sp³-hybridized carbons (Fsp3) is 0.286. The molecule has 1 N–H and O–H groups in total. The van der Waals surface area contributed by atoms with E-state index in [1.54, 1.807) is 24.3 Å². The number of ketones is 1. The number of rotatable bonds is 4. The van der Waals surface area contributed by atoms with Crippen molar-refractivity contribution in [1.29, 1.82) is 0 Å². The number of aromatic hydroxyl groups is 1. The number of carbonyl (C=O) groups excluding carboxylic acids is 1. The van der Waals surface area contributed by atoms with Gasteiger partial charge in [-0.3, -0.25) is 4.79 Å². The molecule has 0 unspecified atom stereocenters. The van der Waals surface area contributed by atoms with Gasteiger partial charge in [0.05, 0.1) is 5.56 Å². The molecule has 0 radical (unpaired) electrons. The summed E-state index contributed by atoms with van der Waals surface area (Å²) in [4.78, 5) is 13.0. The average Bonchev–Trinajstić information content (AvgIpc) is 2.54. The number of benzene rings is 2. The number of halogens is 1. The van der Waals surface area contributed by atoms with E-state index in [1.165, 1.54) is 0 Å². The maximum absolute atomic E-state index is 13.0. The van der Waals surface area contributed by atoms with Gasteiger partial charge in [-0.05, 0) is 42.5 Å². The molecule has 2 nitrogen and oxygen atoms in total. The van der Waals surface area contributed by atoms with Crippen LogP contribution in [0.5, 0.6) is 5.75 Å². The Bertz CT molecular complexity index is 811. The van der Waals surface area contributed by atoms with E-state index >= 15 is 0 Å². The number of phenolic OH excluding ortho intramolecular Hbond substituents is 1. The summed E-state index contributed by atoms with van der Waals surface area (Å²) in [5, 5.41) is 10.7. The fourth-order valence-corrected chi connectivity index (χ4v) is 4.09. The quantitative estimate of drug-likeness (QED) is 0.579. The van der Waals surface area contributed by atoms with Gasteiger partial charge in [0.25, 0.3) is 0 Å². The highest BCUT2D eigenvalue weighted by Crippen LogP contribution is 2.62. The molecule has 1 aliphatic carbocycles. The minimum atomic E-state index is -0.208. The van der Waals surface area contributed by atoms with Gasteiger partial charge < -0.3 is 5.11 Å². The van der Waals surface area contributed by atoms with Gasteiger partial charge in [-0.25, -0.2) is 0 Å². The van der Waals surface area contributed by atoms with Gasteiger partial charge in [0.15, 0.2) is 5.78 Å². The summed E-state index contributed by atoms with van der Waals surface area (Å²) in [7, 11) is 0. The normalized spacial score (nSPS) is 25.8. The molecule has 0 aromatic heterocycles. The minimum Gasteiger partial charge on any atom is -0.507 e. The molecule has 0 saturated heterocycles. The summed E-state index contributed by atoms with van der Waals surface area (Å²) in [6.45, 7) is 8.28. The lowest BCUT2D eigenvalue weighted by atomic mass is 9.49. The van der Waals surface area contributed by atoms with Gasteiger partial charge in [-0.2, -0.15) is 0 Å². The van der Waals surface area contributed by atoms with Crippen LogP contribution in [0.4, 0.5) is 0 Å². The minimum absolute atomic E-state index is 0.0308. The molecule has 3 rings (SSSR count). The van der Waals surface area contributed by atoms with E-state index in [2.05, 4.69) is 13.5 Å². The summed E-state index contributed by atoms with van der Waals surface area (Å²) in [6, 6.07) is 14.4. The van der Waals surface area contributed by atoms with Gasteiger partial charge in [-0.1, -0.05) is 61.0 Å². The standard InChI is InChI=1S/C21H21ClO2/c1-13(2)21(3)12-16(19(21)14-8-4-6-10-17(14)22)20(24)15-9-5-7-11-18(15)23/h4-11,16,19,23H,1,12H2,2-3H3/t16-,19+,21-/m1/s1. The van der Waals surface area contributed by atoms with Crippen LogP contribution >= 0.6 is 11.6 Å². The van der Waals surface area contributed by atoms with Crippen molar-refractivity contribution in [3.8, 4) is 5.75 Å². The summed E-state index contributed by atoms with van der Waals surface area (Å²) >= 11 is 6.42. The van der Waals surface area contributed by atoms with E-state index < -0.39 is 0 Å². The lowest BCUT2D eigenvalue weighted by molar-refractivity contribution is 0.0478. The second kappa shape index (κ2) is 6.10. The lowest BCUT2D eigenvalue weighted by Gasteiger charge is -2.54. The molecule has 0 amide bonds. The second-order valence-electron chi connectivity index (χ2n) is 6.89. The Kier molecular flexibility index (Phi) is 4.27. The molecule has 124 valence electrons. The van der Waals surface area contributed by atoms with Crippen LogP contribution in [0.2, 0.25) is 5.02 Å². The zero-order valence-electron chi connectivity index (χ0n) is 13.9. The third-order valence-electron chi connectivity index (χ3n) is 5.45. The van der Waals surface area contributed by atoms with E-state index in [0.29, 0.717) is 17.0 Å². The molecule has 24 heavy (non-hydrogen) atoms. The number of hydrogen-bond acceptors (Lipinski definition) is 2. The molecule has 3 heteroatoms. The molecule has 0 bridgehead atoms. The van der Waals surface area contributed by atoms with Gasteiger partial charge in [0, 0.05) is 16.9 Å². The van der Waals surface area contributed by atoms with Crippen molar-refractivity contribution >= 4 is 17.4 Å². The Morgan fingerprint density at radius 1 is 1.21 bits per heavy atom. The van der Waals surface area contributed by atoms with E-state index in [1.807, 2.05) is 31.2 Å². The first kappa shape index (κ1) is 16.8. The highest BCUT2D eigenvalue weighted by Gasteiger charge is 2.55. The van der Waals surface area contributed by atoms with Crippen molar-refractivity contribution in [1.82, 2.24) is 0 Å². The number of allylic oxidation sites excluding steroid dienone is 1. The zero-order chi connectivity index (χ0) is 17.5. The van der Waals surface area contributed by atoms with Gasteiger partial charge >= 0.3 is 0 Å². The average molecular weight is 341 g/mol. The first-order valence-corrected chi connectivity index (χ1v) is 8.46. The van der Waals surface area contributed by atoms with Gasteiger partial charge in [0.1, 0.15) is 5.75 Å². The zero-order valence-corrected chi connectivity index (χ0v) is 14.7. The van der Waals surface area contributed by atoms with E-state index in [4.69, 9.17) is 11.6 Å². The number of Topliss-reactive ketones (excluding diaryl/α,β-unsaturated/α-hetero) is 1. The first-order chi connectivity index (χ1) is 11.4. The maximum atomic E-state index is 13.0. The number of phenols is 1. The van der Waals surface area contributed by atoms with E-state index in [9.17, 15) is 9.90 Å². The lowest BCUT2D eigenvalue weighted by Crippen LogP contribution is -2.48. The largest absolute Gasteiger partial charge is 0.507 e. The van der Waals surface area contributed by atoms with Crippen LogP contribution in [0.1, 0.15) is 42.1 Å². The van der Waals surface area contributed by atoms with Crippen molar-refractivity contribution in [2.45, 2.75) is 26.2 Å². The predicted molar refractivity (Wildman–Crippen MR) is 97.7 cm³/mol. The third-order valence-corrected chi connectivity index (χ3v) is 5.80. The number of carbonyl (C=O) groups is 1. The van der Waals surface area contributed by atoms with Gasteiger partial charge in [-0.15, -0.1) is 0 Å². The Morgan fingerprint density at radius 3 is 2.46 bits per heavy atom. The monoisotopic (exact) mass is 340 g/mol. The molecule has 0 aliphatic heterocycles. The molecule has 1 fully saturated rings. The maximum Gasteiger partial charge on any atom is 0.170 e. The smallest absolute Gasteiger partial charge is 0.170 e. The number of hydrogen-bond donors (Lipinski definition) is 1. The topological polar surface area (TPSA) is 37.3 Å². The van der Waals surface area contributed by atoms with Crippen molar-refractivity contribution in [2.24, 2.45) is 11.3 Å². The van der Waals surface area contributed by atoms with Crippen LogP contribution in [0.25, 0.3) is 0 Å². The Morgan fingerprint density at radius 2 is 1.83 bits per heavy atom. The Balaban J connectivity index is 2.03. The molecular formula is C21H21ClO2. The molecule has 2 aromatic rings. The summed E-state index contributed by atoms with van der Waals surface area (Å²) in [5.41, 5.74) is 2.23. The molecule has 0 spiro atoms. The first-order valence-electron chi connectivity index (χ1n) is 8.09. The number of para-hydroxylation sites is 1. The Hall–Kier alpha value is -2.06. The van der Waals surface area contributed by atoms with Crippen LogP contribution in [0.3, 0.4) is 0 Å². The molecular weight excluding hydrogens is 320 g/mol. The molecule has 2 aromatic carbocycles. The Labute approximate surface area is 147 Å². The predicted octanol–water partition coefficient (Wildman–Crippen LogP) is 5.61. The third kappa shape index (κ3) is 2.55. The van der Waals surface area contributed by atoms with Gasteiger partial charge in [0.2, 0.25) is 0 Å². The summed E-state index contributed by atoms with van der Waals surface area (Å²) in [5.74, 6) is -0.239. The molecule has 0 heterocycles. The van der Waals surface area contributed by atoms with Crippen molar-refractivity contribution < 1.29 is 9.90 Å². The van der Waals surface area contributed by atoms with Crippen LogP contribution in [0.15, 0.2) is 60.7 Å². The highest BCUT2D eigenvalue weighted by molar-refractivity contribution is 6.31. The van der Waals surface area contributed by atoms with Crippen LogP contribution in [0, 0.1) is 11.3 Å². The summed E-state index contributed by atoms with van der Waals surface area (Å²) < 4.78 is 0. The summed E-state index contributed by atoms with van der Waals surface area (Å²) in [6.07, 6.45) is 0.714. The highest BCUT2D eigenvalue weighted by atomic mass is 35.5. The van der Waals surface area contributed by atoms with E-state index in [0.717, 1.165) is 11.1 Å². The molecule has 1 saturated carbocycles. The van der Waals surface area contributed by atoms with Crippen molar-refractivity contribution in [2.75, 3.05) is 0 Å². The van der Waals surface area contributed by atoms with E-state index in [-0.39, 0.29) is 28.8 Å².